The summed E-state index contributed by atoms with van der Waals surface area (Å²) in [6.45, 7) is 8.23. The van der Waals surface area contributed by atoms with E-state index in [1.807, 2.05) is 43.9 Å². The number of rotatable bonds is 6. The van der Waals surface area contributed by atoms with Crippen LogP contribution in [0.25, 0.3) is 0 Å². The third-order valence-corrected chi connectivity index (χ3v) is 3.19. The highest BCUT2D eigenvalue weighted by Crippen LogP contribution is 2.14. The third kappa shape index (κ3) is 4.26. The monoisotopic (exact) mass is 306 g/mol. The molecule has 0 fully saturated rings. The van der Waals surface area contributed by atoms with Gasteiger partial charge in [-0.05, 0) is 44.5 Å². The maximum atomic E-state index is 5.97. The molecule has 0 atom stereocenters. The normalized spacial score (nSPS) is 10.5. The van der Waals surface area contributed by atoms with Crippen LogP contribution in [0.2, 0.25) is 5.28 Å². The maximum absolute atomic E-state index is 5.97. The maximum Gasteiger partial charge on any atom is 0.231 e. The summed E-state index contributed by atoms with van der Waals surface area (Å²) < 4.78 is 0. The predicted octanol–water partition coefficient (Wildman–Crippen LogP) is 2.69. The van der Waals surface area contributed by atoms with Crippen molar-refractivity contribution in [2.75, 3.05) is 23.3 Å². The second-order valence-corrected chi connectivity index (χ2v) is 4.86. The van der Waals surface area contributed by atoms with Crippen LogP contribution in [-0.4, -0.2) is 33.0 Å². The standard InChI is InChI=1S/C14H19ClN6/c1-4-21(5-2)14-19-12(15)18-13(20-14)16-9-11-8-6-7-10(3)17-11/h6-8H,4-5,9H2,1-3H3,(H,16,18,19,20). The van der Waals surface area contributed by atoms with Crippen molar-refractivity contribution < 1.29 is 0 Å². The van der Waals surface area contributed by atoms with E-state index in [4.69, 9.17) is 11.6 Å². The van der Waals surface area contributed by atoms with E-state index in [1.54, 1.807) is 0 Å². The lowest BCUT2D eigenvalue weighted by Crippen LogP contribution is -2.25. The van der Waals surface area contributed by atoms with E-state index in [2.05, 4.69) is 25.3 Å². The van der Waals surface area contributed by atoms with Crippen molar-refractivity contribution in [3.63, 3.8) is 0 Å². The Bertz CT molecular complexity index is 600. The van der Waals surface area contributed by atoms with Gasteiger partial charge in [-0.2, -0.15) is 15.0 Å². The number of aromatic nitrogens is 4. The fourth-order valence-corrected chi connectivity index (χ4v) is 2.09. The second kappa shape index (κ2) is 7.17. The number of aryl methyl sites for hydroxylation is 1. The summed E-state index contributed by atoms with van der Waals surface area (Å²) in [5.74, 6) is 1.04. The smallest absolute Gasteiger partial charge is 0.231 e. The first-order valence-corrected chi connectivity index (χ1v) is 7.33. The minimum atomic E-state index is 0.187. The van der Waals surface area contributed by atoms with Gasteiger partial charge in [0.05, 0.1) is 12.2 Å². The Morgan fingerprint density at radius 1 is 1.10 bits per heavy atom. The zero-order valence-corrected chi connectivity index (χ0v) is 13.2. The number of pyridine rings is 1. The molecule has 21 heavy (non-hydrogen) atoms. The van der Waals surface area contributed by atoms with Crippen LogP contribution in [0.1, 0.15) is 25.2 Å². The third-order valence-electron chi connectivity index (χ3n) is 3.02. The van der Waals surface area contributed by atoms with Gasteiger partial charge in [0.2, 0.25) is 17.2 Å². The molecule has 0 aliphatic rings. The Balaban J connectivity index is 2.13. The molecule has 2 heterocycles. The zero-order chi connectivity index (χ0) is 15.2. The van der Waals surface area contributed by atoms with Crippen molar-refractivity contribution >= 4 is 23.5 Å². The van der Waals surface area contributed by atoms with Gasteiger partial charge in [-0.1, -0.05) is 6.07 Å². The van der Waals surface area contributed by atoms with Gasteiger partial charge in [-0.15, -0.1) is 0 Å². The highest BCUT2D eigenvalue weighted by atomic mass is 35.5. The van der Waals surface area contributed by atoms with Gasteiger partial charge in [0, 0.05) is 18.8 Å². The molecule has 0 aliphatic heterocycles. The van der Waals surface area contributed by atoms with E-state index in [-0.39, 0.29) is 5.28 Å². The molecule has 2 aromatic heterocycles. The molecule has 0 saturated heterocycles. The van der Waals surface area contributed by atoms with Gasteiger partial charge in [-0.3, -0.25) is 4.98 Å². The van der Waals surface area contributed by atoms with Crippen molar-refractivity contribution in [2.24, 2.45) is 0 Å². The van der Waals surface area contributed by atoms with Crippen LogP contribution in [0.4, 0.5) is 11.9 Å². The molecule has 2 aromatic rings. The molecule has 6 nitrogen and oxygen atoms in total. The Hall–Kier alpha value is -1.95. The lowest BCUT2D eigenvalue weighted by Gasteiger charge is -2.18. The van der Waals surface area contributed by atoms with Crippen LogP contribution in [0.3, 0.4) is 0 Å². The van der Waals surface area contributed by atoms with Crippen molar-refractivity contribution in [2.45, 2.75) is 27.3 Å². The first-order valence-electron chi connectivity index (χ1n) is 6.95. The molecule has 0 unspecified atom stereocenters. The Kier molecular flexibility index (Phi) is 5.27. The molecule has 1 N–H and O–H groups in total. The van der Waals surface area contributed by atoms with Crippen LogP contribution in [-0.2, 0) is 6.54 Å². The van der Waals surface area contributed by atoms with Gasteiger partial charge in [-0.25, -0.2) is 0 Å². The molecule has 112 valence electrons. The molecule has 0 saturated carbocycles. The molecule has 0 spiro atoms. The number of hydrogen-bond donors (Lipinski definition) is 1. The number of halogens is 1. The highest BCUT2D eigenvalue weighted by Gasteiger charge is 2.10. The Morgan fingerprint density at radius 3 is 2.52 bits per heavy atom. The van der Waals surface area contributed by atoms with E-state index in [9.17, 15) is 0 Å². The largest absolute Gasteiger partial charge is 0.348 e. The van der Waals surface area contributed by atoms with Gasteiger partial charge in [0.25, 0.3) is 0 Å². The summed E-state index contributed by atoms with van der Waals surface area (Å²) in [7, 11) is 0. The quantitative estimate of drug-likeness (QED) is 0.885. The summed E-state index contributed by atoms with van der Waals surface area (Å²) in [5, 5.41) is 3.32. The zero-order valence-electron chi connectivity index (χ0n) is 12.5. The summed E-state index contributed by atoms with van der Waals surface area (Å²) in [4.78, 5) is 19.1. The van der Waals surface area contributed by atoms with Crippen molar-refractivity contribution in [1.29, 1.82) is 0 Å². The van der Waals surface area contributed by atoms with Gasteiger partial charge >= 0.3 is 0 Å². The molecule has 0 aromatic carbocycles. The summed E-state index contributed by atoms with van der Waals surface area (Å²) in [5.41, 5.74) is 1.91. The number of anilines is 2. The number of hydrogen-bond acceptors (Lipinski definition) is 6. The summed E-state index contributed by atoms with van der Waals surface area (Å²) in [6, 6.07) is 5.89. The molecule has 2 rings (SSSR count). The van der Waals surface area contributed by atoms with Crippen LogP contribution in [0.15, 0.2) is 18.2 Å². The van der Waals surface area contributed by atoms with E-state index < -0.39 is 0 Å². The highest BCUT2D eigenvalue weighted by molar-refractivity contribution is 6.28. The average molecular weight is 307 g/mol. The van der Waals surface area contributed by atoms with Crippen molar-refractivity contribution in [3.8, 4) is 0 Å². The number of nitrogens with one attached hydrogen (secondary N) is 1. The lowest BCUT2D eigenvalue weighted by atomic mass is 10.3. The summed E-state index contributed by atoms with van der Waals surface area (Å²) in [6.07, 6.45) is 0. The van der Waals surface area contributed by atoms with Gasteiger partial charge in [0.1, 0.15) is 0 Å². The van der Waals surface area contributed by atoms with Gasteiger partial charge < -0.3 is 10.2 Å². The molecular formula is C14H19ClN6. The molecule has 0 bridgehead atoms. The minimum absolute atomic E-state index is 0.187. The minimum Gasteiger partial charge on any atom is -0.348 e. The molecule has 0 radical (unpaired) electrons. The molecule has 7 heteroatoms. The van der Waals surface area contributed by atoms with E-state index in [1.165, 1.54) is 0 Å². The molecular weight excluding hydrogens is 288 g/mol. The topological polar surface area (TPSA) is 66.8 Å². The fourth-order valence-electron chi connectivity index (χ4n) is 1.93. The SMILES string of the molecule is CCN(CC)c1nc(Cl)nc(NCc2cccc(C)n2)n1. The Morgan fingerprint density at radius 2 is 1.86 bits per heavy atom. The first kappa shape index (κ1) is 15.4. The molecule has 0 aliphatic carbocycles. The van der Waals surface area contributed by atoms with Crippen LogP contribution in [0.5, 0.6) is 0 Å². The van der Waals surface area contributed by atoms with Crippen LogP contribution in [0, 0.1) is 6.92 Å². The van der Waals surface area contributed by atoms with Crippen molar-refractivity contribution in [1.82, 2.24) is 19.9 Å². The van der Waals surface area contributed by atoms with E-state index in [0.29, 0.717) is 18.4 Å². The number of nitrogens with zero attached hydrogens (tertiary/aromatic N) is 5. The lowest BCUT2D eigenvalue weighted by molar-refractivity contribution is 0.810. The van der Waals surface area contributed by atoms with Gasteiger partial charge in [0.15, 0.2) is 0 Å². The predicted molar refractivity (Wildman–Crippen MR) is 84.7 cm³/mol. The first-order chi connectivity index (χ1) is 10.1. The van der Waals surface area contributed by atoms with E-state index >= 15 is 0 Å². The van der Waals surface area contributed by atoms with Crippen LogP contribution < -0.4 is 10.2 Å². The van der Waals surface area contributed by atoms with E-state index in [0.717, 1.165) is 24.5 Å². The Labute approximate surface area is 129 Å². The average Bonchev–Trinajstić information content (AvgIpc) is 2.46. The van der Waals surface area contributed by atoms with Crippen LogP contribution >= 0.6 is 11.6 Å². The molecule has 0 amide bonds. The second-order valence-electron chi connectivity index (χ2n) is 4.52. The summed E-state index contributed by atoms with van der Waals surface area (Å²) >= 11 is 5.97. The fraction of sp³-hybridized carbons (Fsp3) is 0.429. The van der Waals surface area contributed by atoms with Crippen molar-refractivity contribution in [3.05, 3.63) is 34.9 Å².